The summed E-state index contributed by atoms with van der Waals surface area (Å²) in [6.45, 7) is 0. The van der Waals surface area contributed by atoms with Crippen LogP contribution in [0.15, 0.2) is 0 Å². The van der Waals surface area contributed by atoms with Gasteiger partial charge in [-0.3, -0.25) is 0 Å². The van der Waals surface area contributed by atoms with Gasteiger partial charge in [-0.1, -0.05) is 0 Å². The van der Waals surface area contributed by atoms with Crippen LogP contribution in [0.25, 0.3) is 0 Å². The van der Waals surface area contributed by atoms with Crippen molar-refractivity contribution in [2.45, 2.75) is 0 Å². The molecule has 0 amide bonds. The van der Waals surface area contributed by atoms with Gasteiger partial charge in [0.05, 0.1) is 0 Å². The molecular weight excluding hydrogens is 342 g/mol. The molecule has 0 N–H and O–H groups in total. The first-order valence-electron chi connectivity index (χ1n) is 0. The molecule has 2 radical (unpaired) electrons. The Bertz CT molecular complexity index is 15.5. The molecular formula is CoFeMnNiTiZn. The van der Waals surface area contributed by atoms with Crippen LogP contribution in [0.5, 0.6) is 0 Å². The van der Waals surface area contributed by atoms with Gasteiger partial charge in [-0.2, -0.15) is 0 Å². The average molecular weight is 342 g/mol. The Balaban J connectivity index is 0. The second-order valence-electron chi connectivity index (χ2n) is 0. The molecule has 0 aromatic heterocycles. The predicted octanol–water partition coefficient (Wildman–Crippen LogP) is -0.0150. The molecule has 0 aromatic rings. The van der Waals surface area contributed by atoms with Gasteiger partial charge in [0.15, 0.2) is 0 Å². The van der Waals surface area contributed by atoms with E-state index in [1.807, 2.05) is 0 Å². The minimum absolute atomic E-state index is 0. The van der Waals surface area contributed by atoms with E-state index in [9.17, 15) is 0 Å². The quantitative estimate of drug-likeness (QED) is 0.544. The zero-order valence-corrected chi connectivity index (χ0v) is 11.4. The number of hydrogen-bond acceptors (Lipinski definition) is 0. The third-order valence-corrected chi connectivity index (χ3v) is 0. The molecule has 0 bridgehead atoms. The normalized spacial score (nSPS) is 0. The molecule has 0 atom stereocenters. The molecule has 0 heterocycles. The van der Waals surface area contributed by atoms with Crippen LogP contribution in [0, 0.1) is 0 Å². The Kier molecular flexibility index (Phi) is 384. The second-order valence-corrected chi connectivity index (χ2v) is 0. The SMILES string of the molecule is [Co].[Fe].[Mn].[Ni].[Ti].[Zn]. The van der Waals surface area contributed by atoms with Crippen LogP contribution < -0.4 is 0 Å². The fraction of sp³-hybridized carbons (Fsp3) is 0. The summed E-state index contributed by atoms with van der Waals surface area (Å²) in [5.74, 6) is 0. The molecule has 0 unspecified atom stereocenters. The Morgan fingerprint density at radius 2 is 1.00 bits per heavy atom. The van der Waals surface area contributed by atoms with Gasteiger partial charge in [0.2, 0.25) is 0 Å². The van der Waals surface area contributed by atoms with Gasteiger partial charge in [-0.25, -0.2) is 0 Å². The van der Waals surface area contributed by atoms with Gasteiger partial charge in [0, 0.05) is 109 Å². The van der Waals surface area contributed by atoms with Crippen molar-refractivity contribution in [1.29, 1.82) is 0 Å². The molecule has 0 fully saturated rings. The van der Waals surface area contributed by atoms with Gasteiger partial charge in [-0.15, -0.1) is 0 Å². The summed E-state index contributed by atoms with van der Waals surface area (Å²) in [5.41, 5.74) is 0. The van der Waals surface area contributed by atoms with Crippen LogP contribution in [-0.2, 0) is 109 Å². The Hall–Kier alpha value is 3.38. The Labute approximate surface area is 107 Å². The predicted molar refractivity (Wildman–Crippen MR) is 0 cm³/mol. The van der Waals surface area contributed by atoms with Crippen LogP contribution >= 0.6 is 0 Å². The molecule has 6 heavy (non-hydrogen) atoms. The van der Waals surface area contributed by atoms with Crippen molar-refractivity contribution >= 4 is 0 Å². The van der Waals surface area contributed by atoms with E-state index in [4.69, 9.17) is 0 Å². The third kappa shape index (κ3) is 26.3. The summed E-state index contributed by atoms with van der Waals surface area (Å²) in [4.78, 5) is 0. The van der Waals surface area contributed by atoms with E-state index < -0.39 is 0 Å². The molecule has 0 aliphatic carbocycles. The second kappa shape index (κ2) is 40.0. The summed E-state index contributed by atoms with van der Waals surface area (Å²) < 4.78 is 0. The maximum atomic E-state index is 0. The summed E-state index contributed by atoms with van der Waals surface area (Å²) in [6, 6.07) is 0. The van der Waals surface area contributed by atoms with Crippen molar-refractivity contribution in [1.82, 2.24) is 0 Å². The van der Waals surface area contributed by atoms with Gasteiger partial charge >= 0.3 is 0 Å². The first-order chi connectivity index (χ1) is 0. The van der Waals surface area contributed by atoms with Crippen molar-refractivity contribution in [3.05, 3.63) is 0 Å². The Morgan fingerprint density at radius 1 is 1.00 bits per heavy atom. The van der Waals surface area contributed by atoms with E-state index in [0.717, 1.165) is 0 Å². The number of rotatable bonds is 0. The zero-order valence-electron chi connectivity index (χ0n) is 2.59. The van der Waals surface area contributed by atoms with E-state index >= 15 is 0 Å². The largest absolute Gasteiger partial charge is 0 e. The van der Waals surface area contributed by atoms with E-state index in [1.54, 1.807) is 0 Å². The minimum Gasteiger partial charge on any atom is 0 e. The van der Waals surface area contributed by atoms with E-state index in [0.29, 0.717) is 0 Å². The molecule has 0 spiro atoms. The molecule has 0 aromatic carbocycles. The molecule has 40 valence electrons. The molecule has 0 aliphatic heterocycles. The first-order valence-corrected chi connectivity index (χ1v) is 0. The number of hydrogen-bond donors (Lipinski definition) is 0. The minimum atomic E-state index is 0. The van der Waals surface area contributed by atoms with E-state index in [-0.39, 0.29) is 109 Å². The van der Waals surface area contributed by atoms with Crippen LogP contribution in [0.3, 0.4) is 0 Å². The molecule has 0 nitrogen and oxygen atoms in total. The van der Waals surface area contributed by atoms with Gasteiger partial charge in [0.25, 0.3) is 0 Å². The van der Waals surface area contributed by atoms with Crippen LogP contribution in [0.4, 0.5) is 0 Å². The maximum absolute atomic E-state index is 0. The first kappa shape index (κ1) is 57.7. The third-order valence-electron chi connectivity index (χ3n) is 0. The van der Waals surface area contributed by atoms with Gasteiger partial charge < -0.3 is 0 Å². The molecule has 6 heteroatoms. The standard InChI is InChI=1S/Co.Fe.Mn.Ni.Ti.Zn. The van der Waals surface area contributed by atoms with Crippen molar-refractivity contribution < 1.29 is 109 Å². The van der Waals surface area contributed by atoms with Crippen molar-refractivity contribution in [3.63, 3.8) is 0 Å². The molecule has 0 saturated carbocycles. The van der Waals surface area contributed by atoms with Crippen molar-refractivity contribution in [2.75, 3.05) is 0 Å². The summed E-state index contributed by atoms with van der Waals surface area (Å²) in [7, 11) is 0. The molecule has 0 aliphatic rings. The smallest absolute Gasteiger partial charge is 0 e. The monoisotopic (exact) mass is 340 g/mol. The average Bonchev–Trinajstić information content (AvgIpc) is 0. The molecule has 0 rings (SSSR count). The topological polar surface area (TPSA) is 0 Å². The van der Waals surface area contributed by atoms with E-state index in [2.05, 4.69) is 0 Å². The van der Waals surface area contributed by atoms with Crippen LogP contribution in [-0.4, -0.2) is 0 Å². The summed E-state index contributed by atoms with van der Waals surface area (Å²) in [6.07, 6.45) is 0. The Morgan fingerprint density at radius 3 is 1.00 bits per heavy atom. The fourth-order valence-electron chi connectivity index (χ4n) is 0. The maximum Gasteiger partial charge on any atom is 0 e. The van der Waals surface area contributed by atoms with Crippen LogP contribution in [0.2, 0.25) is 0 Å². The zero-order chi connectivity index (χ0) is 0. The summed E-state index contributed by atoms with van der Waals surface area (Å²) in [5, 5.41) is 0. The van der Waals surface area contributed by atoms with Crippen molar-refractivity contribution in [2.24, 2.45) is 0 Å². The van der Waals surface area contributed by atoms with Gasteiger partial charge in [0.1, 0.15) is 0 Å². The molecule has 0 saturated heterocycles. The van der Waals surface area contributed by atoms with Gasteiger partial charge in [-0.05, 0) is 0 Å². The summed E-state index contributed by atoms with van der Waals surface area (Å²) >= 11 is 0. The van der Waals surface area contributed by atoms with Crippen LogP contribution in [0.1, 0.15) is 0 Å². The fourth-order valence-corrected chi connectivity index (χ4v) is 0. The van der Waals surface area contributed by atoms with Crippen molar-refractivity contribution in [3.8, 4) is 0 Å². The van der Waals surface area contributed by atoms with E-state index in [1.165, 1.54) is 0 Å².